The fourth-order valence-electron chi connectivity index (χ4n) is 2.19. The molecular weight excluding hydrogens is 342 g/mol. The largest absolute Gasteiger partial charge is 0.491 e. The number of rotatable bonds is 8. The van der Waals surface area contributed by atoms with E-state index in [0.29, 0.717) is 12.4 Å². The van der Waals surface area contributed by atoms with Gasteiger partial charge in [0, 0.05) is 0 Å². The quantitative estimate of drug-likeness (QED) is 0.748. The summed E-state index contributed by atoms with van der Waals surface area (Å²) in [6.45, 7) is 4.30. The van der Waals surface area contributed by atoms with Gasteiger partial charge in [0.2, 0.25) is 0 Å². The zero-order valence-electron chi connectivity index (χ0n) is 14.2. The van der Waals surface area contributed by atoms with E-state index in [1.807, 2.05) is 13.8 Å². The maximum absolute atomic E-state index is 12.6. The van der Waals surface area contributed by atoms with Crippen molar-refractivity contribution in [3.63, 3.8) is 0 Å². The lowest BCUT2D eigenvalue weighted by Gasteiger charge is -2.14. The number of hydrogen-bond donors (Lipinski definition) is 2. The van der Waals surface area contributed by atoms with E-state index in [9.17, 15) is 13.2 Å². The van der Waals surface area contributed by atoms with E-state index >= 15 is 0 Å². The fourth-order valence-corrected chi connectivity index (χ4v) is 3.25. The van der Waals surface area contributed by atoms with Crippen LogP contribution in [0.15, 0.2) is 47.4 Å². The number of sulfonamides is 1. The molecule has 0 radical (unpaired) electrons. The van der Waals surface area contributed by atoms with Gasteiger partial charge in [-0.2, -0.15) is 0 Å². The van der Waals surface area contributed by atoms with Crippen LogP contribution in [0.5, 0.6) is 5.75 Å². The van der Waals surface area contributed by atoms with Crippen LogP contribution in [0.1, 0.15) is 36.2 Å². The van der Waals surface area contributed by atoms with E-state index in [0.717, 1.165) is 18.4 Å². The molecule has 0 aliphatic carbocycles. The fraction of sp³-hybridized carbons (Fsp3) is 0.278. The first-order chi connectivity index (χ1) is 11.9. The maximum atomic E-state index is 12.6. The Hall–Kier alpha value is -2.54. The van der Waals surface area contributed by atoms with Crippen molar-refractivity contribution in [2.24, 2.45) is 0 Å². The van der Waals surface area contributed by atoms with Crippen molar-refractivity contribution >= 4 is 21.7 Å². The zero-order valence-corrected chi connectivity index (χ0v) is 15.0. The molecule has 0 aliphatic rings. The lowest BCUT2D eigenvalue weighted by molar-refractivity contribution is 0.0697. The van der Waals surface area contributed by atoms with E-state index < -0.39 is 16.0 Å². The molecule has 25 heavy (non-hydrogen) atoms. The van der Waals surface area contributed by atoms with Crippen LogP contribution in [-0.4, -0.2) is 26.1 Å². The molecule has 134 valence electrons. The molecule has 0 atom stereocenters. The molecule has 0 heterocycles. The highest BCUT2D eigenvalue weighted by atomic mass is 32.2. The Morgan fingerprint density at radius 2 is 1.80 bits per heavy atom. The van der Waals surface area contributed by atoms with Gasteiger partial charge in [0.1, 0.15) is 5.75 Å². The Bertz CT molecular complexity index is 844. The Kier molecular flexibility index (Phi) is 6.03. The normalized spacial score (nSPS) is 11.1. The molecule has 0 saturated heterocycles. The van der Waals surface area contributed by atoms with Crippen LogP contribution in [-0.2, 0) is 16.4 Å². The molecule has 0 fully saturated rings. The number of hydrogen-bond acceptors (Lipinski definition) is 4. The summed E-state index contributed by atoms with van der Waals surface area (Å²) in [6, 6.07) is 10.6. The molecule has 0 aliphatic heterocycles. The molecule has 0 bridgehead atoms. The summed E-state index contributed by atoms with van der Waals surface area (Å²) in [4.78, 5) is 11.3. The summed E-state index contributed by atoms with van der Waals surface area (Å²) in [5, 5.41) is 9.13. The summed E-state index contributed by atoms with van der Waals surface area (Å²) in [6.07, 6.45) is 1.55. The highest BCUT2D eigenvalue weighted by molar-refractivity contribution is 7.92. The van der Waals surface area contributed by atoms with E-state index in [4.69, 9.17) is 9.84 Å². The van der Waals surface area contributed by atoms with Gasteiger partial charge in [-0.05, 0) is 48.7 Å². The molecule has 6 nitrogen and oxygen atoms in total. The maximum Gasteiger partial charge on any atom is 0.335 e. The lowest BCUT2D eigenvalue weighted by atomic mass is 10.2. The number of ether oxygens (including phenoxy) is 1. The average molecular weight is 363 g/mol. The van der Waals surface area contributed by atoms with Crippen molar-refractivity contribution in [1.29, 1.82) is 0 Å². The van der Waals surface area contributed by atoms with E-state index in [-0.39, 0.29) is 16.1 Å². The van der Waals surface area contributed by atoms with Gasteiger partial charge in [-0.3, -0.25) is 4.72 Å². The van der Waals surface area contributed by atoms with Crippen LogP contribution in [0.4, 0.5) is 5.69 Å². The number of benzene rings is 2. The van der Waals surface area contributed by atoms with Crippen molar-refractivity contribution in [3.8, 4) is 5.75 Å². The Morgan fingerprint density at radius 3 is 2.36 bits per heavy atom. The molecule has 0 spiro atoms. The van der Waals surface area contributed by atoms with E-state index in [2.05, 4.69) is 4.72 Å². The monoisotopic (exact) mass is 363 g/mol. The summed E-state index contributed by atoms with van der Waals surface area (Å²) in [7, 11) is -3.85. The minimum absolute atomic E-state index is 0.0251. The molecule has 2 N–H and O–H groups in total. The third-order valence-corrected chi connectivity index (χ3v) is 4.96. The molecule has 7 heteroatoms. The molecule has 2 aromatic rings. The molecule has 0 saturated carbocycles. The lowest BCUT2D eigenvalue weighted by Crippen LogP contribution is -2.14. The number of carboxylic acids is 1. The van der Waals surface area contributed by atoms with Crippen molar-refractivity contribution < 1.29 is 23.1 Å². The molecule has 0 unspecified atom stereocenters. The van der Waals surface area contributed by atoms with Crippen molar-refractivity contribution in [1.82, 2.24) is 0 Å². The predicted molar refractivity (Wildman–Crippen MR) is 95.8 cm³/mol. The first-order valence-electron chi connectivity index (χ1n) is 7.99. The minimum Gasteiger partial charge on any atom is -0.491 e. The number of anilines is 1. The summed E-state index contributed by atoms with van der Waals surface area (Å²) in [5.74, 6) is -0.851. The number of carboxylic acid groups (broad SMARTS) is 1. The molecule has 0 amide bonds. The van der Waals surface area contributed by atoms with Gasteiger partial charge in [-0.25, -0.2) is 13.2 Å². The molecule has 2 aromatic carbocycles. The first kappa shape index (κ1) is 18.8. The van der Waals surface area contributed by atoms with Gasteiger partial charge in [0.25, 0.3) is 10.0 Å². The van der Waals surface area contributed by atoms with Crippen LogP contribution >= 0.6 is 0 Å². The minimum atomic E-state index is -3.85. The molecule has 0 aromatic heterocycles. The summed E-state index contributed by atoms with van der Waals surface area (Å²) >= 11 is 0. The summed E-state index contributed by atoms with van der Waals surface area (Å²) < 4.78 is 33.1. The molecule has 2 rings (SSSR count). The van der Waals surface area contributed by atoms with Gasteiger partial charge >= 0.3 is 5.97 Å². The third kappa shape index (κ3) is 4.73. The van der Waals surface area contributed by atoms with Crippen LogP contribution in [0, 0.1) is 0 Å². The van der Waals surface area contributed by atoms with Crippen LogP contribution < -0.4 is 9.46 Å². The SMILES string of the molecule is CCCOc1ccc(C(=O)O)cc1NS(=O)(=O)c1ccc(CC)cc1. The van der Waals surface area contributed by atoms with E-state index in [1.165, 1.54) is 30.3 Å². The topological polar surface area (TPSA) is 92.7 Å². The summed E-state index contributed by atoms with van der Waals surface area (Å²) in [5.41, 5.74) is 1.11. The second-order valence-electron chi connectivity index (χ2n) is 5.47. The standard InChI is InChI=1S/C18H21NO5S/c1-3-11-24-17-10-7-14(18(20)21)12-16(17)19-25(22,23)15-8-5-13(4-2)6-9-15/h5-10,12,19H,3-4,11H2,1-2H3,(H,20,21). The van der Waals surface area contributed by atoms with Gasteiger partial charge in [0.05, 0.1) is 22.8 Å². The number of aryl methyl sites for hydroxylation is 1. The van der Waals surface area contributed by atoms with Crippen molar-refractivity contribution in [3.05, 3.63) is 53.6 Å². The zero-order chi connectivity index (χ0) is 18.4. The average Bonchev–Trinajstić information content (AvgIpc) is 2.60. The highest BCUT2D eigenvalue weighted by Crippen LogP contribution is 2.28. The second-order valence-corrected chi connectivity index (χ2v) is 7.15. The smallest absolute Gasteiger partial charge is 0.335 e. The third-order valence-electron chi connectivity index (χ3n) is 3.57. The van der Waals surface area contributed by atoms with Gasteiger partial charge < -0.3 is 9.84 Å². The van der Waals surface area contributed by atoms with Gasteiger partial charge in [-0.15, -0.1) is 0 Å². The second kappa shape index (κ2) is 8.02. The number of nitrogens with one attached hydrogen (secondary N) is 1. The van der Waals surface area contributed by atoms with Crippen molar-refractivity contribution in [2.75, 3.05) is 11.3 Å². The highest BCUT2D eigenvalue weighted by Gasteiger charge is 2.18. The Balaban J connectivity index is 2.37. The first-order valence-corrected chi connectivity index (χ1v) is 9.47. The van der Waals surface area contributed by atoms with Gasteiger partial charge in [0.15, 0.2) is 0 Å². The Labute approximate surface area is 147 Å². The number of carbonyl (C=O) groups is 1. The van der Waals surface area contributed by atoms with E-state index in [1.54, 1.807) is 12.1 Å². The molecular formula is C18H21NO5S. The van der Waals surface area contributed by atoms with Crippen LogP contribution in [0.25, 0.3) is 0 Å². The van der Waals surface area contributed by atoms with Crippen LogP contribution in [0.3, 0.4) is 0 Å². The van der Waals surface area contributed by atoms with Crippen LogP contribution in [0.2, 0.25) is 0 Å². The number of aromatic carboxylic acids is 1. The van der Waals surface area contributed by atoms with Crippen molar-refractivity contribution in [2.45, 2.75) is 31.6 Å². The van der Waals surface area contributed by atoms with Gasteiger partial charge in [-0.1, -0.05) is 26.0 Å². The predicted octanol–water partition coefficient (Wildman–Crippen LogP) is 3.54. The Morgan fingerprint density at radius 1 is 1.12 bits per heavy atom.